The lowest BCUT2D eigenvalue weighted by Crippen LogP contribution is -2.51. The standard InChI is InChI=1S/C20H22N2O.ClH/c23-20(19-12-16-7-3-4-8-17(16)13-21-19)22-18-10-9-14-5-1-2-6-15(14)11-18;/h1-8,18-19,21H,9-13H2,(H,22,23);1H. The summed E-state index contributed by atoms with van der Waals surface area (Å²) in [5, 5.41) is 6.63. The number of carbonyl (C=O) groups excluding carboxylic acids is 1. The third-order valence-corrected chi connectivity index (χ3v) is 5.09. The van der Waals surface area contributed by atoms with Gasteiger partial charge in [-0.2, -0.15) is 0 Å². The molecule has 2 aromatic carbocycles. The molecule has 126 valence electrons. The van der Waals surface area contributed by atoms with Gasteiger partial charge in [-0.3, -0.25) is 4.79 Å². The van der Waals surface area contributed by atoms with Crippen molar-refractivity contribution in [3.8, 4) is 0 Å². The molecule has 2 aromatic rings. The topological polar surface area (TPSA) is 41.1 Å². The summed E-state index contributed by atoms with van der Waals surface area (Å²) >= 11 is 0. The van der Waals surface area contributed by atoms with E-state index in [1.807, 2.05) is 0 Å². The zero-order valence-electron chi connectivity index (χ0n) is 13.6. The van der Waals surface area contributed by atoms with Crippen LogP contribution in [-0.2, 0) is 30.6 Å². The van der Waals surface area contributed by atoms with Crippen LogP contribution in [0.4, 0.5) is 0 Å². The van der Waals surface area contributed by atoms with Crippen molar-refractivity contribution in [2.75, 3.05) is 0 Å². The SMILES string of the molecule is Cl.O=C(NC1CCc2ccccc2C1)C1Cc2ccccc2CN1. The number of carbonyl (C=O) groups is 1. The molecule has 2 aliphatic rings. The van der Waals surface area contributed by atoms with E-state index in [4.69, 9.17) is 0 Å². The van der Waals surface area contributed by atoms with Crippen LogP contribution in [0.1, 0.15) is 28.7 Å². The second-order valence-corrected chi connectivity index (χ2v) is 6.62. The van der Waals surface area contributed by atoms with Crippen LogP contribution in [0.5, 0.6) is 0 Å². The summed E-state index contributed by atoms with van der Waals surface area (Å²) in [7, 11) is 0. The van der Waals surface area contributed by atoms with E-state index in [0.717, 1.165) is 32.2 Å². The van der Waals surface area contributed by atoms with Gasteiger partial charge in [-0.25, -0.2) is 0 Å². The van der Waals surface area contributed by atoms with E-state index in [0.29, 0.717) is 0 Å². The molecule has 0 saturated carbocycles. The van der Waals surface area contributed by atoms with E-state index in [1.54, 1.807) is 0 Å². The number of amides is 1. The molecule has 4 rings (SSSR count). The molecule has 0 spiro atoms. The number of nitrogens with one attached hydrogen (secondary N) is 2. The maximum Gasteiger partial charge on any atom is 0.237 e. The Kier molecular flexibility index (Phi) is 5.22. The van der Waals surface area contributed by atoms with Crippen molar-refractivity contribution >= 4 is 18.3 Å². The molecule has 1 aliphatic heterocycles. The molecule has 2 atom stereocenters. The average Bonchev–Trinajstić information content (AvgIpc) is 2.61. The summed E-state index contributed by atoms with van der Waals surface area (Å²) in [5.74, 6) is 0.142. The predicted octanol–water partition coefficient (Wildman–Crippen LogP) is 2.80. The molecular weight excluding hydrogens is 320 g/mol. The Bertz CT molecular complexity index is 731. The summed E-state index contributed by atoms with van der Waals surface area (Å²) in [6.07, 6.45) is 3.82. The molecule has 0 radical (unpaired) electrons. The van der Waals surface area contributed by atoms with Crippen LogP contribution in [-0.4, -0.2) is 18.0 Å². The second kappa shape index (κ2) is 7.37. The highest BCUT2D eigenvalue weighted by atomic mass is 35.5. The summed E-state index contributed by atoms with van der Waals surface area (Å²) in [6, 6.07) is 17.1. The fourth-order valence-electron chi connectivity index (χ4n) is 3.76. The Morgan fingerprint density at radius 1 is 0.917 bits per heavy atom. The molecule has 2 unspecified atom stereocenters. The van der Waals surface area contributed by atoms with Gasteiger partial charge in [-0.1, -0.05) is 48.5 Å². The van der Waals surface area contributed by atoms with Crippen LogP contribution >= 0.6 is 12.4 Å². The number of fused-ring (bicyclic) bond motifs is 2. The molecule has 3 nitrogen and oxygen atoms in total. The van der Waals surface area contributed by atoms with Crippen LogP contribution in [0.2, 0.25) is 0 Å². The first-order chi connectivity index (χ1) is 11.3. The Morgan fingerprint density at radius 2 is 1.54 bits per heavy atom. The molecule has 0 bridgehead atoms. The van der Waals surface area contributed by atoms with Gasteiger partial charge in [0, 0.05) is 12.6 Å². The van der Waals surface area contributed by atoms with E-state index in [2.05, 4.69) is 59.2 Å². The van der Waals surface area contributed by atoms with E-state index in [1.165, 1.54) is 22.3 Å². The molecule has 0 saturated heterocycles. The molecule has 0 fully saturated rings. The zero-order valence-corrected chi connectivity index (χ0v) is 14.4. The maximum atomic E-state index is 12.6. The molecule has 4 heteroatoms. The first-order valence-electron chi connectivity index (χ1n) is 8.47. The lowest BCUT2D eigenvalue weighted by molar-refractivity contribution is -0.124. The predicted molar refractivity (Wildman–Crippen MR) is 98.4 cm³/mol. The Labute approximate surface area is 149 Å². The van der Waals surface area contributed by atoms with Crippen LogP contribution in [0.15, 0.2) is 48.5 Å². The van der Waals surface area contributed by atoms with Crippen molar-refractivity contribution in [2.24, 2.45) is 0 Å². The van der Waals surface area contributed by atoms with E-state index >= 15 is 0 Å². The van der Waals surface area contributed by atoms with Gasteiger partial charge in [0.05, 0.1) is 6.04 Å². The minimum absolute atomic E-state index is 0. The van der Waals surface area contributed by atoms with Gasteiger partial charge < -0.3 is 10.6 Å². The smallest absolute Gasteiger partial charge is 0.237 e. The molecule has 1 heterocycles. The van der Waals surface area contributed by atoms with Gasteiger partial charge in [0.1, 0.15) is 0 Å². The van der Waals surface area contributed by atoms with Gasteiger partial charge in [0.15, 0.2) is 0 Å². The number of rotatable bonds is 2. The molecule has 1 aliphatic carbocycles. The fraction of sp³-hybridized carbons (Fsp3) is 0.350. The Morgan fingerprint density at radius 3 is 2.29 bits per heavy atom. The highest BCUT2D eigenvalue weighted by Crippen LogP contribution is 2.22. The van der Waals surface area contributed by atoms with Gasteiger partial charge >= 0.3 is 0 Å². The van der Waals surface area contributed by atoms with E-state index < -0.39 is 0 Å². The van der Waals surface area contributed by atoms with Gasteiger partial charge in [-0.15, -0.1) is 12.4 Å². The quantitative estimate of drug-likeness (QED) is 0.881. The number of halogens is 1. The molecule has 1 amide bonds. The normalized spacial score (nSPS) is 21.8. The largest absolute Gasteiger partial charge is 0.352 e. The monoisotopic (exact) mass is 342 g/mol. The van der Waals surface area contributed by atoms with Crippen molar-refractivity contribution in [3.05, 3.63) is 70.8 Å². The molecule has 0 aromatic heterocycles. The average molecular weight is 343 g/mol. The first kappa shape index (κ1) is 17.0. The minimum Gasteiger partial charge on any atom is -0.352 e. The summed E-state index contributed by atoms with van der Waals surface area (Å²) in [5.41, 5.74) is 5.41. The van der Waals surface area contributed by atoms with Crippen LogP contribution < -0.4 is 10.6 Å². The third kappa shape index (κ3) is 3.47. The van der Waals surface area contributed by atoms with E-state index in [9.17, 15) is 4.79 Å². The third-order valence-electron chi connectivity index (χ3n) is 5.09. The van der Waals surface area contributed by atoms with Crippen LogP contribution in [0.3, 0.4) is 0 Å². The molecular formula is C20H23ClN2O. The Balaban J connectivity index is 0.00000169. The maximum absolute atomic E-state index is 12.6. The minimum atomic E-state index is -0.109. The van der Waals surface area contributed by atoms with Crippen LogP contribution in [0.25, 0.3) is 0 Å². The fourth-order valence-corrected chi connectivity index (χ4v) is 3.76. The van der Waals surface area contributed by atoms with Crippen molar-refractivity contribution < 1.29 is 4.79 Å². The summed E-state index contributed by atoms with van der Waals surface area (Å²) in [6.45, 7) is 0.780. The summed E-state index contributed by atoms with van der Waals surface area (Å²) in [4.78, 5) is 12.6. The number of hydrogen-bond acceptors (Lipinski definition) is 2. The zero-order chi connectivity index (χ0) is 15.6. The van der Waals surface area contributed by atoms with Crippen molar-refractivity contribution in [3.63, 3.8) is 0 Å². The molecule has 24 heavy (non-hydrogen) atoms. The number of aryl methyl sites for hydroxylation is 1. The highest BCUT2D eigenvalue weighted by Gasteiger charge is 2.27. The lowest BCUT2D eigenvalue weighted by Gasteiger charge is -2.30. The lowest BCUT2D eigenvalue weighted by atomic mass is 9.88. The van der Waals surface area contributed by atoms with Crippen molar-refractivity contribution in [1.29, 1.82) is 0 Å². The van der Waals surface area contributed by atoms with Gasteiger partial charge in [0.25, 0.3) is 0 Å². The second-order valence-electron chi connectivity index (χ2n) is 6.62. The first-order valence-corrected chi connectivity index (χ1v) is 8.47. The van der Waals surface area contributed by atoms with Crippen molar-refractivity contribution in [1.82, 2.24) is 10.6 Å². The van der Waals surface area contributed by atoms with E-state index in [-0.39, 0.29) is 30.4 Å². The molecule has 2 N–H and O–H groups in total. The van der Waals surface area contributed by atoms with Crippen molar-refractivity contribution in [2.45, 2.75) is 44.3 Å². The highest BCUT2D eigenvalue weighted by molar-refractivity contribution is 5.85. The van der Waals surface area contributed by atoms with Gasteiger partial charge in [0.2, 0.25) is 5.91 Å². The van der Waals surface area contributed by atoms with Gasteiger partial charge in [-0.05, 0) is 47.9 Å². The number of benzene rings is 2. The number of hydrogen-bond donors (Lipinski definition) is 2. The summed E-state index contributed by atoms with van der Waals surface area (Å²) < 4.78 is 0. The van der Waals surface area contributed by atoms with Crippen LogP contribution in [0, 0.1) is 0 Å². The Hall–Kier alpha value is -1.84.